The third-order valence-corrected chi connectivity index (χ3v) is 3.74. The zero-order chi connectivity index (χ0) is 15.8. The molecule has 3 nitrogen and oxygen atoms in total. The molecule has 0 spiro atoms. The summed E-state index contributed by atoms with van der Waals surface area (Å²) in [7, 11) is 0. The number of nitrogens with zero attached hydrogens (tertiary/aromatic N) is 1. The van der Waals surface area contributed by atoms with E-state index in [1.807, 2.05) is 4.90 Å². The van der Waals surface area contributed by atoms with Crippen molar-refractivity contribution in [2.45, 2.75) is 85.0 Å². The second-order valence-electron chi connectivity index (χ2n) is 5.86. The summed E-state index contributed by atoms with van der Waals surface area (Å²) in [5, 5.41) is 0. The minimum atomic E-state index is 0.312. The highest BCUT2D eigenvalue weighted by atomic mass is 16.5. The Bertz CT molecular complexity index is 223. The fourth-order valence-electron chi connectivity index (χ4n) is 2.28. The zero-order valence-corrected chi connectivity index (χ0v) is 14.7. The minimum absolute atomic E-state index is 0.312. The summed E-state index contributed by atoms with van der Waals surface area (Å²) in [6.45, 7) is 10.00. The van der Waals surface area contributed by atoms with Crippen molar-refractivity contribution in [3.8, 4) is 0 Å². The summed E-state index contributed by atoms with van der Waals surface area (Å²) in [4.78, 5) is 14.2. The molecule has 0 aliphatic heterocycles. The lowest BCUT2D eigenvalue weighted by atomic mass is 10.2. The molecule has 0 aromatic heterocycles. The lowest BCUT2D eigenvalue weighted by Gasteiger charge is -2.22. The summed E-state index contributed by atoms with van der Waals surface area (Å²) < 4.78 is 5.60. The molecular formula is C18H37NO2. The van der Waals surface area contributed by atoms with Crippen molar-refractivity contribution in [3.05, 3.63) is 0 Å². The standard InChI is InChI=1S/C18H37NO2/c1-4-7-10-11-16-21-17-12-13-18(20)19(14-8-5-2)15-9-6-3/h4-17H2,1-3H3. The van der Waals surface area contributed by atoms with Crippen LogP contribution in [0, 0.1) is 0 Å². The molecule has 0 saturated carbocycles. The number of carbonyl (C=O) groups is 1. The number of hydrogen-bond acceptors (Lipinski definition) is 2. The number of ether oxygens (including phenoxy) is 1. The van der Waals surface area contributed by atoms with Gasteiger partial charge in [-0.05, 0) is 25.7 Å². The highest BCUT2D eigenvalue weighted by Crippen LogP contribution is 2.05. The maximum absolute atomic E-state index is 12.2. The van der Waals surface area contributed by atoms with Gasteiger partial charge in [-0.3, -0.25) is 4.79 Å². The monoisotopic (exact) mass is 299 g/mol. The van der Waals surface area contributed by atoms with Gasteiger partial charge in [0.25, 0.3) is 0 Å². The van der Waals surface area contributed by atoms with Crippen LogP contribution in [0.5, 0.6) is 0 Å². The Kier molecular flexibility index (Phi) is 15.4. The molecule has 0 fully saturated rings. The Labute approximate surface area is 132 Å². The Morgan fingerprint density at radius 2 is 1.33 bits per heavy atom. The van der Waals surface area contributed by atoms with Crippen molar-refractivity contribution in [2.75, 3.05) is 26.3 Å². The average molecular weight is 299 g/mol. The van der Waals surface area contributed by atoms with Crippen LogP contribution in [0.15, 0.2) is 0 Å². The maximum Gasteiger partial charge on any atom is 0.222 e. The van der Waals surface area contributed by atoms with Crippen molar-refractivity contribution in [2.24, 2.45) is 0 Å². The van der Waals surface area contributed by atoms with Crippen LogP contribution >= 0.6 is 0 Å². The van der Waals surface area contributed by atoms with Gasteiger partial charge in [0.05, 0.1) is 0 Å². The molecule has 0 bridgehead atoms. The first-order valence-electron chi connectivity index (χ1n) is 9.11. The molecule has 0 saturated heterocycles. The van der Waals surface area contributed by atoms with Gasteiger partial charge < -0.3 is 9.64 Å². The van der Waals surface area contributed by atoms with E-state index in [4.69, 9.17) is 4.74 Å². The smallest absolute Gasteiger partial charge is 0.222 e. The van der Waals surface area contributed by atoms with Gasteiger partial charge in [0.1, 0.15) is 0 Å². The van der Waals surface area contributed by atoms with Crippen LogP contribution in [0.3, 0.4) is 0 Å². The van der Waals surface area contributed by atoms with Crippen LogP contribution in [0.2, 0.25) is 0 Å². The fourth-order valence-corrected chi connectivity index (χ4v) is 2.28. The van der Waals surface area contributed by atoms with Gasteiger partial charge in [0.2, 0.25) is 5.91 Å². The lowest BCUT2D eigenvalue weighted by molar-refractivity contribution is -0.131. The lowest BCUT2D eigenvalue weighted by Crippen LogP contribution is -2.32. The van der Waals surface area contributed by atoms with Crippen LogP contribution in [0.25, 0.3) is 0 Å². The highest BCUT2D eigenvalue weighted by Gasteiger charge is 2.11. The van der Waals surface area contributed by atoms with Crippen molar-refractivity contribution < 1.29 is 9.53 Å². The molecule has 0 aromatic rings. The molecule has 0 heterocycles. The average Bonchev–Trinajstić information content (AvgIpc) is 2.50. The Morgan fingerprint density at radius 1 is 0.762 bits per heavy atom. The molecular weight excluding hydrogens is 262 g/mol. The van der Waals surface area contributed by atoms with E-state index in [9.17, 15) is 4.79 Å². The third-order valence-electron chi connectivity index (χ3n) is 3.74. The minimum Gasteiger partial charge on any atom is -0.381 e. The molecule has 0 unspecified atom stereocenters. The normalized spacial score (nSPS) is 10.8. The molecule has 1 amide bonds. The summed E-state index contributed by atoms with van der Waals surface area (Å²) >= 11 is 0. The fraction of sp³-hybridized carbons (Fsp3) is 0.944. The molecule has 0 rings (SSSR count). The Hall–Kier alpha value is -0.570. The summed E-state index contributed by atoms with van der Waals surface area (Å²) in [6.07, 6.45) is 11.0. The number of hydrogen-bond donors (Lipinski definition) is 0. The molecule has 21 heavy (non-hydrogen) atoms. The molecule has 3 heteroatoms. The van der Waals surface area contributed by atoms with Gasteiger partial charge in [-0.25, -0.2) is 0 Å². The van der Waals surface area contributed by atoms with E-state index in [1.54, 1.807) is 0 Å². The van der Waals surface area contributed by atoms with Crippen molar-refractivity contribution in [1.82, 2.24) is 4.90 Å². The molecule has 126 valence electrons. The number of amides is 1. The molecule has 0 aromatic carbocycles. The highest BCUT2D eigenvalue weighted by molar-refractivity contribution is 5.76. The van der Waals surface area contributed by atoms with E-state index >= 15 is 0 Å². The van der Waals surface area contributed by atoms with E-state index in [1.165, 1.54) is 19.3 Å². The largest absolute Gasteiger partial charge is 0.381 e. The first kappa shape index (κ1) is 20.4. The van der Waals surface area contributed by atoms with E-state index in [2.05, 4.69) is 20.8 Å². The van der Waals surface area contributed by atoms with E-state index in [0.29, 0.717) is 12.3 Å². The van der Waals surface area contributed by atoms with Crippen LogP contribution < -0.4 is 0 Å². The number of unbranched alkanes of at least 4 members (excludes halogenated alkanes) is 5. The molecule has 0 aliphatic carbocycles. The second-order valence-corrected chi connectivity index (χ2v) is 5.86. The Morgan fingerprint density at radius 3 is 1.90 bits per heavy atom. The predicted octanol–water partition coefficient (Wildman–Crippen LogP) is 4.79. The first-order valence-corrected chi connectivity index (χ1v) is 9.11. The number of carbonyl (C=O) groups excluding carboxylic acids is 1. The van der Waals surface area contributed by atoms with Gasteiger partial charge in [-0.15, -0.1) is 0 Å². The molecule has 0 aliphatic rings. The Balaban J connectivity index is 3.66. The predicted molar refractivity (Wildman–Crippen MR) is 90.6 cm³/mol. The zero-order valence-electron chi connectivity index (χ0n) is 14.7. The van der Waals surface area contributed by atoms with E-state index < -0.39 is 0 Å². The number of rotatable bonds is 15. The first-order chi connectivity index (χ1) is 10.3. The van der Waals surface area contributed by atoms with Gasteiger partial charge in [0, 0.05) is 32.7 Å². The van der Waals surface area contributed by atoms with Crippen LogP contribution in [-0.4, -0.2) is 37.1 Å². The van der Waals surface area contributed by atoms with Gasteiger partial charge >= 0.3 is 0 Å². The van der Waals surface area contributed by atoms with Crippen LogP contribution in [0.1, 0.15) is 85.0 Å². The van der Waals surface area contributed by atoms with Gasteiger partial charge in [-0.2, -0.15) is 0 Å². The van der Waals surface area contributed by atoms with E-state index in [-0.39, 0.29) is 0 Å². The molecule has 0 radical (unpaired) electrons. The summed E-state index contributed by atoms with van der Waals surface area (Å²) in [6, 6.07) is 0. The van der Waals surface area contributed by atoms with E-state index in [0.717, 1.165) is 64.8 Å². The van der Waals surface area contributed by atoms with Crippen molar-refractivity contribution >= 4 is 5.91 Å². The summed E-state index contributed by atoms with van der Waals surface area (Å²) in [5.41, 5.74) is 0. The van der Waals surface area contributed by atoms with Crippen molar-refractivity contribution in [1.29, 1.82) is 0 Å². The van der Waals surface area contributed by atoms with Gasteiger partial charge in [0.15, 0.2) is 0 Å². The maximum atomic E-state index is 12.2. The van der Waals surface area contributed by atoms with Crippen molar-refractivity contribution in [3.63, 3.8) is 0 Å². The quantitative estimate of drug-likeness (QED) is 0.407. The third kappa shape index (κ3) is 12.9. The van der Waals surface area contributed by atoms with Gasteiger partial charge in [-0.1, -0.05) is 52.9 Å². The molecule has 0 atom stereocenters. The van der Waals surface area contributed by atoms with Crippen LogP contribution in [0.4, 0.5) is 0 Å². The SMILES string of the molecule is CCCCCCOCCCC(=O)N(CCCC)CCCC. The summed E-state index contributed by atoms with van der Waals surface area (Å²) in [5.74, 6) is 0.312. The molecule has 0 N–H and O–H groups in total. The van der Waals surface area contributed by atoms with Crippen LogP contribution in [-0.2, 0) is 9.53 Å². The topological polar surface area (TPSA) is 29.5 Å². The second kappa shape index (κ2) is 15.8.